The average Bonchev–Trinajstić information content (AvgIpc) is 3.60. The van der Waals surface area contributed by atoms with Gasteiger partial charge in [0.2, 0.25) is 0 Å². The molecule has 43 heavy (non-hydrogen) atoms. The summed E-state index contributed by atoms with van der Waals surface area (Å²) in [6.07, 6.45) is -1.03. The van der Waals surface area contributed by atoms with Gasteiger partial charge in [-0.3, -0.25) is 9.59 Å². The summed E-state index contributed by atoms with van der Waals surface area (Å²) in [5.41, 5.74) is 3.76. The maximum Gasteiger partial charge on any atom is 0.418 e. The van der Waals surface area contributed by atoms with E-state index in [9.17, 15) is 22.8 Å². The first-order chi connectivity index (χ1) is 20.6. The molecule has 0 atom stereocenters. The molecule has 0 radical (unpaired) electrons. The van der Waals surface area contributed by atoms with Crippen molar-refractivity contribution in [1.82, 2.24) is 9.88 Å². The number of nitrogens with one attached hydrogen (secondary N) is 4. The van der Waals surface area contributed by atoms with Crippen LogP contribution in [-0.2, 0) is 11.0 Å². The highest BCUT2D eigenvalue weighted by molar-refractivity contribution is 6.35. The molecule has 220 valence electrons. The number of aromatic nitrogens is 1. The first-order valence-electron chi connectivity index (χ1n) is 13.8. The molecule has 3 heterocycles. The molecule has 2 aliphatic rings. The van der Waals surface area contributed by atoms with E-state index in [4.69, 9.17) is 0 Å². The van der Waals surface area contributed by atoms with Gasteiger partial charge in [-0.2, -0.15) is 13.2 Å². The SMILES string of the molecule is CN1CCN(c2ccc(C(=O)Nc3cccc(Nc4ccc5c(c4)NC(=O)/C5=C\c4ccc[nH]4)c3)cc2C(F)(F)F)CC1. The predicted molar refractivity (Wildman–Crippen MR) is 163 cm³/mol. The fourth-order valence-corrected chi connectivity index (χ4v) is 5.28. The van der Waals surface area contributed by atoms with Gasteiger partial charge >= 0.3 is 6.18 Å². The van der Waals surface area contributed by atoms with Gasteiger partial charge < -0.3 is 30.7 Å². The molecule has 4 aromatic rings. The molecule has 0 spiro atoms. The van der Waals surface area contributed by atoms with Crippen LogP contribution in [0.3, 0.4) is 0 Å². The Balaban J connectivity index is 1.17. The lowest BCUT2D eigenvalue weighted by Gasteiger charge is -2.35. The van der Waals surface area contributed by atoms with Gasteiger partial charge in [-0.25, -0.2) is 0 Å². The van der Waals surface area contributed by atoms with E-state index in [0.29, 0.717) is 54.5 Å². The number of fused-ring (bicyclic) bond motifs is 1. The lowest BCUT2D eigenvalue weighted by Crippen LogP contribution is -2.45. The smallest absolute Gasteiger partial charge is 0.368 e. The van der Waals surface area contributed by atoms with Crippen LogP contribution in [0, 0.1) is 0 Å². The number of hydrogen-bond acceptors (Lipinski definition) is 5. The van der Waals surface area contributed by atoms with E-state index in [2.05, 4.69) is 25.8 Å². The third-order valence-electron chi connectivity index (χ3n) is 7.54. The van der Waals surface area contributed by atoms with E-state index >= 15 is 0 Å². The van der Waals surface area contributed by atoms with Gasteiger partial charge in [0.1, 0.15) is 0 Å². The summed E-state index contributed by atoms with van der Waals surface area (Å²) >= 11 is 0. The molecule has 1 aromatic heterocycles. The van der Waals surface area contributed by atoms with Crippen molar-refractivity contribution in [2.24, 2.45) is 0 Å². The van der Waals surface area contributed by atoms with Gasteiger partial charge in [-0.05, 0) is 73.8 Å². The number of halogens is 3. The van der Waals surface area contributed by atoms with Crippen LogP contribution in [0.1, 0.15) is 27.2 Å². The van der Waals surface area contributed by atoms with Crippen LogP contribution in [0.25, 0.3) is 11.6 Å². The molecule has 6 rings (SSSR count). The molecule has 2 amide bonds. The van der Waals surface area contributed by atoms with Crippen LogP contribution in [0.5, 0.6) is 0 Å². The number of aromatic amines is 1. The standard InChI is InChI=1S/C32H29F3N6O2/c1-40-12-14-41(15-13-40)29-10-7-20(16-27(29)32(33,34)35)30(42)38-23-5-2-4-22(17-23)37-24-8-9-25-26(18-21-6-3-11-36-21)31(43)39-28(25)19-24/h2-11,16-19,36-37H,12-15H2,1H3,(H,38,42)(H,39,43)/b26-18-. The quantitative estimate of drug-likeness (QED) is 0.200. The van der Waals surface area contributed by atoms with Crippen molar-refractivity contribution in [2.45, 2.75) is 6.18 Å². The fraction of sp³-hybridized carbons (Fsp3) is 0.188. The molecule has 1 fully saturated rings. The third-order valence-corrected chi connectivity index (χ3v) is 7.54. The van der Waals surface area contributed by atoms with Gasteiger partial charge in [0.05, 0.1) is 16.8 Å². The van der Waals surface area contributed by atoms with E-state index in [1.807, 2.05) is 37.4 Å². The summed E-state index contributed by atoms with van der Waals surface area (Å²) in [6, 6.07) is 19.8. The van der Waals surface area contributed by atoms with Crippen LogP contribution in [0.2, 0.25) is 0 Å². The highest BCUT2D eigenvalue weighted by Gasteiger charge is 2.36. The van der Waals surface area contributed by atoms with Crippen molar-refractivity contribution in [3.63, 3.8) is 0 Å². The van der Waals surface area contributed by atoms with Gasteiger partial charge in [-0.1, -0.05) is 12.1 Å². The number of piperazine rings is 1. The number of anilines is 5. The highest BCUT2D eigenvalue weighted by atomic mass is 19.4. The maximum atomic E-state index is 14.0. The lowest BCUT2D eigenvalue weighted by atomic mass is 10.1. The zero-order valence-corrected chi connectivity index (χ0v) is 23.3. The minimum Gasteiger partial charge on any atom is -0.368 e. The number of rotatable bonds is 6. The maximum absolute atomic E-state index is 14.0. The first-order valence-corrected chi connectivity index (χ1v) is 13.8. The monoisotopic (exact) mass is 586 g/mol. The molecule has 0 saturated carbocycles. The molecule has 3 aromatic carbocycles. The second-order valence-electron chi connectivity index (χ2n) is 10.6. The van der Waals surface area contributed by atoms with E-state index in [1.165, 1.54) is 12.1 Å². The Morgan fingerprint density at radius 1 is 0.907 bits per heavy atom. The zero-order valence-electron chi connectivity index (χ0n) is 23.3. The lowest BCUT2D eigenvalue weighted by molar-refractivity contribution is -0.137. The summed E-state index contributed by atoms with van der Waals surface area (Å²) in [5, 5.41) is 8.84. The Labute approximate surface area is 246 Å². The molecule has 0 unspecified atom stereocenters. The normalized spacial score (nSPS) is 16.2. The van der Waals surface area contributed by atoms with Crippen molar-refractivity contribution in [2.75, 3.05) is 54.1 Å². The molecule has 4 N–H and O–H groups in total. The molecule has 2 aliphatic heterocycles. The Bertz CT molecular complexity index is 1710. The molecule has 8 nitrogen and oxygen atoms in total. The number of nitrogens with zero attached hydrogens (tertiary/aromatic N) is 2. The van der Waals surface area contributed by atoms with Crippen LogP contribution in [0.15, 0.2) is 79.0 Å². The Morgan fingerprint density at radius 3 is 2.42 bits per heavy atom. The number of alkyl halides is 3. The number of H-pyrrole nitrogens is 1. The van der Waals surface area contributed by atoms with Crippen LogP contribution < -0.4 is 20.9 Å². The molecule has 1 saturated heterocycles. The van der Waals surface area contributed by atoms with Gasteiger partial charge in [0.25, 0.3) is 11.8 Å². The average molecular weight is 587 g/mol. The van der Waals surface area contributed by atoms with Crippen molar-refractivity contribution < 1.29 is 22.8 Å². The predicted octanol–water partition coefficient (Wildman–Crippen LogP) is 6.27. The van der Waals surface area contributed by atoms with Gasteiger partial charge in [0.15, 0.2) is 0 Å². The molecule has 0 aliphatic carbocycles. The van der Waals surface area contributed by atoms with Crippen molar-refractivity contribution >= 4 is 51.9 Å². The molecule has 0 bridgehead atoms. The number of likely N-dealkylation sites (N-methyl/N-ethyl adjacent to an activating group) is 1. The summed E-state index contributed by atoms with van der Waals surface area (Å²) in [5.74, 6) is -0.842. The second kappa shape index (κ2) is 11.3. The molecular weight excluding hydrogens is 557 g/mol. The summed E-state index contributed by atoms with van der Waals surface area (Å²) in [4.78, 5) is 32.4. The molecule has 11 heteroatoms. The topological polar surface area (TPSA) is 92.5 Å². The number of carbonyl (C=O) groups is 2. The number of carbonyl (C=O) groups excluding carboxylic acids is 2. The second-order valence-corrected chi connectivity index (χ2v) is 10.6. The largest absolute Gasteiger partial charge is 0.418 e. The Hall–Kier alpha value is -5.03. The van der Waals surface area contributed by atoms with E-state index in [0.717, 1.165) is 17.3 Å². The molecular formula is C32H29F3N6O2. The summed E-state index contributed by atoms with van der Waals surface area (Å²) in [6.45, 7) is 2.28. The first kappa shape index (κ1) is 28.1. The number of hydrogen-bond donors (Lipinski definition) is 4. The number of amides is 2. The number of benzene rings is 3. The Morgan fingerprint density at radius 2 is 1.67 bits per heavy atom. The van der Waals surface area contributed by atoms with Crippen molar-refractivity contribution in [1.29, 1.82) is 0 Å². The van der Waals surface area contributed by atoms with E-state index in [-0.39, 0.29) is 17.2 Å². The fourth-order valence-electron chi connectivity index (χ4n) is 5.28. The Kier molecular flexibility index (Phi) is 7.41. The van der Waals surface area contributed by atoms with Gasteiger partial charge in [0, 0.05) is 71.9 Å². The van der Waals surface area contributed by atoms with E-state index in [1.54, 1.807) is 41.4 Å². The van der Waals surface area contributed by atoms with E-state index < -0.39 is 17.6 Å². The van der Waals surface area contributed by atoms with Crippen molar-refractivity contribution in [3.8, 4) is 0 Å². The summed E-state index contributed by atoms with van der Waals surface area (Å²) < 4.78 is 42.0. The highest BCUT2D eigenvalue weighted by Crippen LogP contribution is 2.38. The third kappa shape index (κ3) is 6.12. The van der Waals surface area contributed by atoms with Gasteiger partial charge in [-0.15, -0.1) is 0 Å². The zero-order chi connectivity index (χ0) is 30.1. The van der Waals surface area contributed by atoms with Crippen LogP contribution >= 0.6 is 0 Å². The summed E-state index contributed by atoms with van der Waals surface area (Å²) in [7, 11) is 1.93. The minimum absolute atomic E-state index is 0.0823. The van der Waals surface area contributed by atoms with Crippen molar-refractivity contribution in [3.05, 3.63) is 101 Å². The minimum atomic E-state index is -4.60. The van der Waals surface area contributed by atoms with Crippen LogP contribution in [-0.4, -0.2) is 54.9 Å². The van der Waals surface area contributed by atoms with Crippen LogP contribution in [0.4, 0.5) is 41.6 Å².